The molecular formula is C21H33ClN2O. The van der Waals surface area contributed by atoms with Crippen molar-refractivity contribution < 1.29 is 4.79 Å². The largest absolute Gasteiger partial charge is 0.343 e. The van der Waals surface area contributed by atoms with Gasteiger partial charge in [-0.05, 0) is 54.2 Å². The molecule has 2 aliphatic rings. The van der Waals surface area contributed by atoms with Gasteiger partial charge < -0.3 is 10.2 Å². The van der Waals surface area contributed by atoms with E-state index < -0.39 is 0 Å². The lowest BCUT2D eigenvalue weighted by Crippen LogP contribution is -2.44. The highest BCUT2D eigenvalue weighted by Crippen LogP contribution is 2.37. The molecular weight excluding hydrogens is 332 g/mol. The van der Waals surface area contributed by atoms with Crippen LogP contribution in [0.5, 0.6) is 0 Å². The lowest BCUT2D eigenvalue weighted by Gasteiger charge is -2.39. The fraction of sp³-hybridized carbons (Fsp3) is 0.667. The van der Waals surface area contributed by atoms with E-state index in [-0.39, 0.29) is 17.8 Å². The normalized spacial score (nSPS) is 19.7. The number of hydrogen-bond donors (Lipinski definition) is 1. The maximum atomic E-state index is 12.5. The van der Waals surface area contributed by atoms with Gasteiger partial charge in [-0.1, -0.05) is 45.0 Å². The van der Waals surface area contributed by atoms with Gasteiger partial charge in [0.1, 0.15) is 0 Å². The van der Waals surface area contributed by atoms with E-state index in [0.717, 1.165) is 32.6 Å². The van der Waals surface area contributed by atoms with Gasteiger partial charge in [0.2, 0.25) is 5.91 Å². The minimum absolute atomic E-state index is 0. The highest BCUT2D eigenvalue weighted by atomic mass is 35.5. The fourth-order valence-electron chi connectivity index (χ4n) is 4.03. The summed E-state index contributed by atoms with van der Waals surface area (Å²) in [6.07, 6.45) is 5.12. The maximum absolute atomic E-state index is 12.5. The number of piperidine rings is 1. The first-order valence-corrected chi connectivity index (χ1v) is 9.46. The number of halogens is 1. The Hall–Kier alpha value is -1.06. The van der Waals surface area contributed by atoms with E-state index in [4.69, 9.17) is 0 Å². The summed E-state index contributed by atoms with van der Waals surface area (Å²) < 4.78 is 0. The molecule has 0 saturated carbocycles. The summed E-state index contributed by atoms with van der Waals surface area (Å²) in [7, 11) is 0. The molecule has 0 aliphatic carbocycles. The topological polar surface area (TPSA) is 32.3 Å². The summed E-state index contributed by atoms with van der Waals surface area (Å²) in [4.78, 5) is 14.6. The zero-order valence-electron chi connectivity index (χ0n) is 15.9. The van der Waals surface area contributed by atoms with Crippen LogP contribution in [0.25, 0.3) is 0 Å². The number of hydrogen-bond acceptors (Lipinski definition) is 2. The molecule has 2 aliphatic heterocycles. The molecule has 1 aromatic rings. The van der Waals surface area contributed by atoms with E-state index in [1.54, 1.807) is 0 Å². The number of carbonyl (C=O) groups excluding carboxylic acids is 1. The molecule has 0 aromatic heterocycles. The molecule has 0 bridgehead atoms. The molecule has 1 aromatic carbocycles. The molecule has 2 saturated heterocycles. The van der Waals surface area contributed by atoms with Crippen LogP contribution in [0.1, 0.15) is 57.6 Å². The predicted octanol–water partition coefficient (Wildman–Crippen LogP) is 3.94. The van der Waals surface area contributed by atoms with Gasteiger partial charge in [-0.25, -0.2) is 0 Å². The van der Waals surface area contributed by atoms with Crippen molar-refractivity contribution in [2.45, 2.75) is 58.3 Å². The Morgan fingerprint density at radius 3 is 2.28 bits per heavy atom. The van der Waals surface area contributed by atoms with Crippen LogP contribution in [-0.4, -0.2) is 37.0 Å². The zero-order valence-corrected chi connectivity index (χ0v) is 16.8. The van der Waals surface area contributed by atoms with Crippen LogP contribution in [0.2, 0.25) is 0 Å². The Bertz CT molecular complexity index is 561. The van der Waals surface area contributed by atoms with Crippen LogP contribution < -0.4 is 5.32 Å². The Kier molecular flexibility index (Phi) is 6.56. The summed E-state index contributed by atoms with van der Waals surface area (Å²) in [5, 5.41) is 3.49. The smallest absolute Gasteiger partial charge is 0.222 e. The first-order chi connectivity index (χ1) is 11.4. The van der Waals surface area contributed by atoms with Crippen molar-refractivity contribution in [3.63, 3.8) is 0 Å². The highest BCUT2D eigenvalue weighted by molar-refractivity contribution is 5.85. The van der Waals surface area contributed by atoms with Crippen molar-refractivity contribution >= 4 is 18.3 Å². The average Bonchev–Trinajstić information content (AvgIpc) is 3.01. The van der Waals surface area contributed by atoms with E-state index >= 15 is 0 Å². The third kappa shape index (κ3) is 4.98. The molecule has 0 unspecified atom stereocenters. The summed E-state index contributed by atoms with van der Waals surface area (Å²) in [5.74, 6) is 0.329. The van der Waals surface area contributed by atoms with Gasteiger partial charge in [0.15, 0.2) is 0 Å². The van der Waals surface area contributed by atoms with Gasteiger partial charge in [0, 0.05) is 26.1 Å². The SMILES string of the molecule is CC(C)(C)c1ccc(CCC(=O)N2CCC3(CCNC3)CC2)cc1.Cl. The lowest BCUT2D eigenvalue weighted by molar-refractivity contribution is -0.133. The monoisotopic (exact) mass is 364 g/mol. The molecule has 140 valence electrons. The lowest BCUT2D eigenvalue weighted by atomic mass is 9.78. The second kappa shape index (κ2) is 8.09. The van der Waals surface area contributed by atoms with Crippen molar-refractivity contribution in [3.05, 3.63) is 35.4 Å². The standard InChI is InChI=1S/C21H32N2O.ClH/c1-20(2,3)18-7-4-17(5-8-18)6-9-19(24)23-14-11-21(12-15-23)10-13-22-16-21;/h4-5,7-8,22H,6,9-16H2,1-3H3;1H. The molecule has 2 heterocycles. The first kappa shape index (κ1) is 20.3. The summed E-state index contributed by atoms with van der Waals surface area (Å²) in [6.45, 7) is 10.9. The minimum atomic E-state index is 0. The number of likely N-dealkylation sites (tertiary alicyclic amines) is 1. The Morgan fingerprint density at radius 1 is 1.12 bits per heavy atom. The molecule has 1 N–H and O–H groups in total. The summed E-state index contributed by atoms with van der Waals surface area (Å²) >= 11 is 0. The van der Waals surface area contributed by atoms with E-state index in [9.17, 15) is 4.79 Å². The zero-order chi connectivity index (χ0) is 17.2. The molecule has 0 atom stereocenters. The number of rotatable bonds is 3. The van der Waals surface area contributed by atoms with E-state index in [0.29, 0.717) is 17.7 Å². The number of nitrogens with zero attached hydrogens (tertiary/aromatic N) is 1. The van der Waals surface area contributed by atoms with Crippen LogP contribution in [0.15, 0.2) is 24.3 Å². The molecule has 2 fully saturated rings. The number of benzene rings is 1. The van der Waals surface area contributed by atoms with Crippen LogP contribution in [0.3, 0.4) is 0 Å². The third-order valence-corrected chi connectivity index (χ3v) is 5.96. The van der Waals surface area contributed by atoms with Gasteiger partial charge in [-0.15, -0.1) is 12.4 Å². The van der Waals surface area contributed by atoms with Crippen LogP contribution >= 0.6 is 12.4 Å². The van der Waals surface area contributed by atoms with Gasteiger partial charge in [0.25, 0.3) is 0 Å². The van der Waals surface area contributed by atoms with Gasteiger partial charge in [0.05, 0.1) is 0 Å². The van der Waals surface area contributed by atoms with Gasteiger partial charge in [-0.3, -0.25) is 4.79 Å². The van der Waals surface area contributed by atoms with E-state index in [1.807, 2.05) is 0 Å². The Labute approximate surface area is 159 Å². The maximum Gasteiger partial charge on any atom is 0.222 e. The van der Waals surface area contributed by atoms with E-state index in [1.165, 1.54) is 30.4 Å². The molecule has 25 heavy (non-hydrogen) atoms. The van der Waals surface area contributed by atoms with Gasteiger partial charge >= 0.3 is 0 Å². The Balaban J connectivity index is 0.00000225. The first-order valence-electron chi connectivity index (χ1n) is 9.46. The quantitative estimate of drug-likeness (QED) is 0.881. The van der Waals surface area contributed by atoms with Crippen molar-refractivity contribution in [1.29, 1.82) is 0 Å². The van der Waals surface area contributed by atoms with Crippen molar-refractivity contribution in [2.75, 3.05) is 26.2 Å². The number of nitrogens with one attached hydrogen (secondary N) is 1. The molecule has 1 amide bonds. The minimum Gasteiger partial charge on any atom is -0.343 e. The number of aryl methyl sites for hydroxylation is 1. The molecule has 1 spiro atoms. The number of carbonyl (C=O) groups is 1. The van der Waals surface area contributed by atoms with Crippen molar-refractivity contribution in [2.24, 2.45) is 5.41 Å². The highest BCUT2D eigenvalue weighted by Gasteiger charge is 2.37. The van der Waals surface area contributed by atoms with Gasteiger partial charge in [-0.2, -0.15) is 0 Å². The second-order valence-electron chi connectivity index (χ2n) is 8.75. The van der Waals surface area contributed by atoms with Crippen LogP contribution in [0.4, 0.5) is 0 Å². The molecule has 0 radical (unpaired) electrons. The summed E-state index contributed by atoms with van der Waals surface area (Å²) in [5.41, 5.74) is 3.29. The fourth-order valence-corrected chi connectivity index (χ4v) is 4.03. The van der Waals surface area contributed by atoms with Crippen LogP contribution in [-0.2, 0) is 16.6 Å². The summed E-state index contributed by atoms with van der Waals surface area (Å²) in [6, 6.07) is 8.78. The predicted molar refractivity (Wildman–Crippen MR) is 106 cm³/mol. The molecule has 4 heteroatoms. The van der Waals surface area contributed by atoms with Crippen molar-refractivity contribution in [3.8, 4) is 0 Å². The van der Waals surface area contributed by atoms with Crippen molar-refractivity contribution in [1.82, 2.24) is 10.2 Å². The second-order valence-corrected chi connectivity index (χ2v) is 8.75. The Morgan fingerprint density at radius 2 is 1.76 bits per heavy atom. The average molecular weight is 365 g/mol. The van der Waals surface area contributed by atoms with E-state index in [2.05, 4.69) is 55.3 Å². The van der Waals surface area contributed by atoms with Crippen LogP contribution in [0, 0.1) is 5.41 Å². The number of amides is 1. The molecule has 3 nitrogen and oxygen atoms in total. The molecule has 3 rings (SSSR count). The third-order valence-electron chi connectivity index (χ3n) is 5.96.